The molecule has 0 unspecified atom stereocenters. The Bertz CT molecular complexity index is 605. The highest BCUT2D eigenvalue weighted by atomic mass is 19.4. The number of carbonyl (C=O) groups is 1. The van der Waals surface area contributed by atoms with Crippen molar-refractivity contribution >= 4 is 12.0 Å². The summed E-state index contributed by atoms with van der Waals surface area (Å²) in [6.45, 7) is -0.178. The summed E-state index contributed by atoms with van der Waals surface area (Å²) in [5, 5.41) is 12.3. The van der Waals surface area contributed by atoms with Crippen molar-refractivity contribution in [1.82, 2.24) is 5.32 Å². The number of halogens is 3. The number of carbonyl (C=O) groups excluding carboxylic acids is 1. The molecule has 1 aliphatic rings. The molecular weight excluding hydrogens is 331 g/mol. The van der Waals surface area contributed by atoms with Crippen molar-refractivity contribution in [2.45, 2.75) is 56.7 Å². The van der Waals surface area contributed by atoms with Gasteiger partial charge in [0.25, 0.3) is 0 Å². The zero-order chi connectivity index (χ0) is 18.3. The first-order valence-electron chi connectivity index (χ1n) is 8.61. The monoisotopic (exact) mass is 355 g/mol. The van der Waals surface area contributed by atoms with E-state index in [2.05, 4.69) is 0 Å². The molecule has 2 N–H and O–H groups in total. The summed E-state index contributed by atoms with van der Waals surface area (Å²) in [4.78, 5) is 10.7. The van der Waals surface area contributed by atoms with Gasteiger partial charge in [-0.15, -0.1) is 0 Å². The molecule has 2 rings (SSSR count). The molecule has 3 nitrogen and oxygen atoms in total. The normalized spacial score (nSPS) is 17.6. The first-order valence-corrected chi connectivity index (χ1v) is 8.61. The molecule has 6 heteroatoms. The van der Waals surface area contributed by atoms with Gasteiger partial charge in [0, 0.05) is 6.54 Å². The lowest BCUT2D eigenvalue weighted by molar-refractivity contribution is -0.173. The van der Waals surface area contributed by atoms with Crippen molar-refractivity contribution in [2.75, 3.05) is 6.54 Å². The zero-order valence-corrected chi connectivity index (χ0v) is 14.1. The van der Waals surface area contributed by atoms with E-state index in [0.717, 1.165) is 49.7 Å². The van der Waals surface area contributed by atoms with Gasteiger partial charge in [0.05, 0.1) is 5.60 Å². The number of aliphatic hydroxyl groups is 1. The second-order valence-corrected chi connectivity index (χ2v) is 6.64. The van der Waals surface area contributed by atoms with Crippen LogP contribution in [0, 0.1) is 0 Å². The van der Waals surface area contributed by atoms with E-state index in [1.54, 1.807) is 11.4 Å². The van der Waals surface area contributed by atoms with Crippen LogP contribution in [0.4, 0.5) is 13.2 Å². The number of amides is 1. The second kappa shape index (κ2) is 8.52. The molecule has 0 saturated heterocycles. The molecule has 0 radical (unpaired) electrons. The molecule has 1 amide bonds. The van der Waals surface area contributed by atoms with E-state index in [-0.39, 0.29) is 6.54 Å². The van der Waals surface area contributed by atoms with Crippen molar-refractivity contribution in [1.29, 1.82) is 0 Å². The van der Waals surface area contributed by atoms with E-state index in [0.29, 0.717) is 0 Å². The van der Waals surface area contributed by atoms with E-state index in [9.17, 15) is 23.1 Å². The van der Waals surface area contributed by atoms with Crippen LogP contribution in [0.25, 0.3) is 6.08 Å². The van der Waals surface area contributed by atoms with Crippen molar-refractivity contribution in [2.24, 2.45) is 0 Å². The van der Waals surface area contributed by atoms with Gasteiger partial charge in [0.1, 0.15) is 0 Å². The van der Waals surface area contributed by atoms with Gasteiger partial charge in [0.2, 0.25) is 0 Å². The molecule has 1 fully saturated rings. The summed E-state index contributed by atoms with van der Waals surface area (Å²) in [5.74, 6) is -1.94. The van der Waals surface area contributed by atoms with Crippen LogP contribution in [-0.2, 0) is 11.2 Å². The Morgan fingerprint density at radius 1 is 1.24 bits per heavy atom. The van der Waals surface area contributed by atoms with Crippen LogP contribution in [0.3, 0.4) is 0 Å². The fraction of sp³-hybridized carbons (Fsp3) is 0.526. The number of alkyl halides is 3. The van der Waals surface area contributed by atoms with Gasteiger partial charge in [-0.05, 0) is 36.8 Å². The molecule has 1 aliphatic carbocycles. The number of nitrogens with one attached hydrogen (secondary N) is 1. The third kappa shape index (κ3) is 6.53. The van der Waals surface area contributed by atoms with Crippen LogP contribution in [0.15, 0.2) is 30.3 Å². The number of hydrogen-bond donors (Lipinski definition) is 2. The fourth-order valence-electron chi connectivity index (χ4n) is 3.14. The first-order chi connectivity index (χ1) is 11.8. The van der Waals surface area contributed by atoms with Crippen molar-refractivity contribution in [3.8, 4) is 0 Å². The maximum absolute atomic E-state index is 12.1. The lowest BCUT2D eigenvalue weighted by Crippen LogP contribution is -2.36. The summed E-state index contributed by atoms with van der Waals surface area (Å²) < 4.78 is 36.2. The number of benzene rings is 1. The Morgan fingerprint density at radius 2 is 1.96 bits per heavy atom. The van der Waals surface area contributed by atoms with E-state index in [4.69, 9.17) is 0 Å². The highest BCUT2D eigenvalue weighted by molar-refractivity contribution is 5.81. The largest absolute Gasteiger partial charge is 0.471 e. The molecule has 0 heterocycles. The summed E-state index contributed by atoms with van der Waals surface area (Å²) in [6, 6.07) is 7.67. The first kappa shape index (κ1) is 19.5. The van der Waals surface area contributed by atoms with Gasteiger partial charge in [-0.1, -0.05) is 55.7 Å². The van der Waals surface area contributed by atoms with E-state index >= 15 is 0 Å². The Balaban J connectivity index is 1.84. The standard InChI is InChI=1S/C19H24F3NO2/c20-19(21,22)17(24)23-13-5-8-15-6-4-7-16(14-15)9-12-18(25)10-2-1-3-11-18/h4-8,14,25H,1-3,9-13H2,(H,23,24). The predicted molar refractivity (Wildman–Crippen MR) is 90.9 cm³/mol. The van der Waals surface area contributed by atoms with Gasteiger partial charge in [-0.25, -0.2) is 0 Å². The summed E-state index contributed by atoms with van der Waals surface area (Å²) in [7, 11) is 0. The van der Waals surface area contributed by atoms with Crippen molar-refractivity contribution < 1.29 is 23.1 Å². The lowest BCUT2D eigenvalue weighted by atomic mass is 9.81. The lowest BCUT2D eigenvalue weighted by Gasteiger charge is -2.32. The van der Waals surface area contributed by atoms with Gasteiger partial charge in [0.15, 0.2) is 0 Å². The van der Waals surface area contributed by atoms with Crippen LogP contribution >= 0.6 is 0 Å². The quantitative estimate of drug-likeness (QED) is 0.810. The van der Waals surface area contributed by atoms with Gasteiger partial charge < -0.3 is 10.4 Å². The van der Waals surface area contributed by atoms with Gasteiger partial charge >= 0.3 is 12.1 Å². The van der Waals surface area contributed by atoms with Crippen molar-refractivity contribution in [3.63, 3.8) is 0 Å². The van der Waals surface area contributed by atoms with E-state index < -0.39 is 17.7 Å². The van der Waals surface area contributed by atoms with Crippen molar-refractivity contribution in [3.05, 3.63) is 41.5 Å². The Labute approximate surface area is 145 Å². The Hall–Kier alpha value is -1.82. The minimum atomic E-state index is -4.85. The Kier molecular flexibility index (Phi) is 6.64. The van der Waals surface area contributed by atoms with E-state index in [1.165, 1.54) is 12.5 Å². The highest BCUT2D eigenvalue weighted by Crippen LogP contribution is 2.31. The van der Waals surface area contributed by atoms with Crippen LogP contribution in [0.5, 0.6) is 0 Å². The summed E-state index contributed by atoms with van der Waals surface area (Å²) >= 11 is 0. The maximum atomic E-state index is 12.1. The highest BCUT2D eigenvalue weighted by Gasteiger charge is 2.38. The molecule has 0 spiro atoms. The summed E-state index contributed by atoms with van der Waals surface area (Å²) in [5.41, 5.74) is 1.38. The summed E-state index contributed by atoms with van der Waals surface area (Å²) in [6.07, 6.45) is 4.83. The number of hydrogen-bond acceptors (Lipinski definition) is 2. The number of aryl methyl sites for hydroxylation is 1. The van der Waals surface area contributed by atoms with E-state index in [1.807, 2.05) is 24.3 Å². The molecule has 25 heavy (non-hydrogen) atoms. The molecule has 0 bridgehead atoms. The minimum absolute atomic E-state index is 0.178. The SMILES string of the molecule is O=C(NCC=Cc1cccc(CCC2(O)CCCCC2)c1)C(F)(F)F. The van der Waals surface area contributed by atoms with Crippen LogP contribution < -0.4 is 5.32 Å². The Morgan fingerprint density at radius 3 is 2.64 bits per heavy atom. The third-order valence-electron chi connectivity index (χ3n) is 4.56. The smallest absolute Gasteiger partial charge is 0.390 e. The van der Waals surface area contributed by atoms with Gasteiger partial charge in [-0.3, -0.25) is 4.79 Å². The molecule has 0 atom stereocenters. The zero-order valence-electron chi connectivity index (χ0n) is 14.1. The van der Waals surface area contributed by atoms with Crippen LogP contribution in [0.2, 0.25) is 0 Å². The fourth-order valence-corrected chi connectivity index (χ4v) is 3.14. The second-order valence-electron chi connectivity index (χ2n) is 6.64. The van der Waals surface area contributed by atoms with Gasteiger partial charge in [-0.2, -0.15) is 13.2 Å². The average Bonchev–Trinajstić information content (AvgIpc) is 2.57. The number of rotatable bonds is 6. The molecular formula is C19H24F3NO2. The molecule has 138 valence electrons. The van der Waals surface area contributed by atoms with Crippen LogP contribution in [-0.4, -0.2) is 29.3 Å². The molecule has 1 aromatic carbocycles. The minimum Gasteiger partial charge on any atom is -0.390 e. The predicted octanol–water partition coefficient (Wildman–Crippen LogP) is 4.01. The maximum Gasteiger partial charge on any atom is 0.471 e. The molecule has 1 aromatic rings. The third-order valence-corrected chi connectivity index (χ3v) is 4.56. The molecule has 1 saturated carbocycles. The topological polar surface area (TPSA) is 49.3 Å². The average molecular weight is 355 g/mol. The molecule has 0 aliphatic heterocycles. The van der Waals surface area contributed by atoms with Crippen LogP contribution in [0.1, 0.15) is 49.7 Å². The molecule has 0 aromatic heterocycles.